The molecule has 1 amide bonds. The second-order valence-electron chi connectivity index (χ2n) is 5.89. The monoisotopic (exact) mass is 357 g/mol. The van der Waals surface area contributed by atoms with Gasteiger partial charge in [-0.1, -0.05) is 41.4 Å². The first-order valence-electron chi connectivity index (χ1n) is 7.22. The van der Waals surface area contributed by atoms with E-state index in [0.717, 1.165) is 36.3 Å². The molecule has 1 heterocycles. The van der Waals surface area contributed by atoms with Crippen molar-refractivity contribution < 1.29 is 4.79 Å². The average molecular weight is 359 g/mol. The largest absolute Gasteiger partial charge is 0.339 e. The highest BCUT2D eigenvalue weighted by Crippen LogP contribution is 2.26. The zero-order valence-corrected chi connectivity index (χ0v) is 14.4. The maximum absolute atomic E-state index is 12.6. The second-order valence-corrected chi connectivity index (χ2v) is 7.24. The quantitative estimate of drug-likeness (QED) is 0.728. The maximum Gasteiger partial charge on any atom is 0.253 e. The fraction of sp³-hybridized carbons (Fsp3) is 0.562. The van der Waals surface area contributed by atoms with E-state index in [0.29, 0.717) is 16.5 Å². The molecule has 1 aliphatic heterocycles. The zero-order chi connectivity index (χ0) is 14.7. The van der Waals surface area contributed by atoms with Crippen LogP contribution < -0.4 is 0 Å². The molecule has 0 saturated carbocycles. The first kappa shape index (κ1) is 15.8. The van der Waals surface area contributed by atoms with Gasteiger partial charge in [-0.05, 0) is 49.3 Å². The topological polar surface area (TPSA) is 20.3 Å². The van der Waals surface area contributed by atoms with Crippen molar-refractivity contribution in [1.82, 2.24) is 4.90 Å². The van der Waals surface area contributed by atoms with Gasteiger partial charge in [0.15, 0.2) is 0 Å². The van der Waals surface area contributed by atoms with Gasteiger partial charge in [-0.15, -0.1) is 0 Å². The van der Waals surface area contributed by atoms with E-state index in [2.05, 4.69) is 29.8 Å². The first-order chi connectivity index (χ1) is 9.47. The molecule has 0 N–H and O–H groups in total. The Kier molecular flexibility index (Phi) is 5.50. The summed E-state index contributed by atoms with van der Waals surface area (Å²) in [6.07, 6.45) is 3.42. The van der Waals surface area contributed by atoms with Gasteiger partial charge in [0.05, 0.1) is 0 Å². The number of likely N-dealkylation sites (tertiary alicyclic amines) is 1. The van der Waals surface area contributed by atoms with E-state index in [-0.39, 0.29) is 5.91 Å². The average Bonchev–Trinajstić information content (AvgIpc) is 2.62. The second kappa shape index (κ2) is 6.95. The van der Waals surface area contributed by atoms with Gasteiger partial charge in [0.2, 0.25) is 0 Å². The number of carbonyl (C=O) groups is 1. The predicted molar refractivity (Wildman–Crippen MR) is 87.2 cm³/mol. The molecule has 4 heteroatoms. The van der Waals surface area contributed by atoms with E-state index < -0.39 is 0 Å². The third kappa shape index (κ3) is 3.98. The van der Waals surface area contributed by atoms with Crippen LogP contribution in [0.3, 0.4) is 0 Å². The minimum Gasteiger partial charge on any atom is -0.339 e. The van der Waals surface area contributed by atoms with Crippen LogP contribution in [0.25, 0.3) is 0 Å². The van der Waals surface area contributed by atoms with Crippen LogP contribution in [-0.4, -0.2) is 23.9 Å². The van der Waals surface area contributed by atoms with Crippen molar-refractivity contribution in [3.8, 4) is 0 Å². The Morgan fingerprint density at radius 3 is 2.70 bits per heavy atom. The summed E-state index contributed by atoms with van der Waals surface area (Å²) in [5.41, 5.74) is 0.673. The molecule has 1 aromatic carbocycles. The van der Waals surface area contributed by atoms with Gasteiger partial charge in [-0.25, -0.2) is 0 Å². The SMILES string of the molecule is CC(C)C1CCCN(C(=O)c2cc(Cl)cc(Br)c2)CC1. The third-order valence-corrected chi connectivity index (χ3v) is 4.79. The fourth-order valence-corrected chi connectivity index (χ4v) is 3.71. The van der Waals surface area contributed by atoms with Gasteiger partial charge in [0.25, 0.3) is 5.91 Å². The van der Waals surface area contributed by atoms with E-state index in [1.807, 2.05) is 11.0 Å². The summed E-state index contributed by atoms with van der Waals surface area (Å²) < 4.78 is 0.850. The normalized spacial score (nSPS) is 20.1. The lowest BCUT2D eigenvalue weighted by molar-refractivity contribution is 0.0758. The Bertz CT molecular complexity index is 469. The smallest absolute Gasteiger partial charge is 0.253 e. The van der Waals surface area contributed by atoms with Crippen LogP contribution >= 0.6 is 27.5 Å². The number of amides is 1. The van der Waals surface area contributed by atoms with E-state index in [4.69, 9.17) is 11.6 Å². The Hall–Kier alpha value is -0.540. The predicted octanol–water partition coefficient (Wildman–Crippen LogP) is 5.00. The maximum atomic E-state index is 12.6. The van der Waals surface area contributed by atoms with Crippen LogP contribution in [0, 0.1) is 11.8 Å². The summed E-state index contributed by atoms with van der Waals surface area (Å²) >= 11 is 9.42. The summed E-state index contributed by atoms with van der Waals surface area (Å²) in [7, 11) is 0. The van der Waals surface area contributed by atoms with Gasteiger partial charge in [0.1, 0.15) is 0 Å². The summed E-state index contributed by atoms with van der Waals surface area (Å²) in [5, 5.41) is 0.595. The number of benzene rings is 1. The Labute approximate surface area is 134 Å². The number of hydrogen-bond donors (Lipinski definition) is 0. The van der Waals surface area contributed by atoms with Crippen molar-refractivity contribution in [1.29, 1.82) is 0 Å². The van der Waals surface area contributed by atoms with Gasteiger partial charge in [-0.3, -0.25) is 4.79 Å². The van der Waals surface area contributed by atoms with Crippen LogP contribution in [0.5, 0.6) is 0 Å². The first-order valence-corrected chi connectivity index (χ1v) is 8.40. The fourth-order valence-electron chi connectivity index (χ4n) is 2.85. The van der Waals surface area contributed by atoms with Crippen LogP contribution in [0.1, 0.15) is 43.5 Å². The third-order valence-electron chi connectivity index (χ3n) is 4.11. The molecule has 2 rings (SSSR count). The number of carbonyl (C=O) groups excluding carboxylic acids is 1. The molecule has 1 atom stereocenters. The molecule has 0 aromatic heterocycles. The minimum atomic E-state index is 0.0950. The molecule has 0 bridgehead atoms. The molecule has 110 valence electrons. The van der Waals surface area contributed by atoms with Crippen molar-refractivity contribution >= 4 is 33.4 Å². The zero-order valence-electron chi connectivity index (χ0n) is 12.0. The minimum absolute atomic E-state index is 0.0950. The molecule has 0 aliphatic carbocycles. The Morgan fingerprint density at radius 1 is 1.30 bits per heavy atom. The summed E-state index contributed by atoms with van der Waals surface area (Å²) in [4.78, 5) is 14.6. The van der Waals surface area contributed by atoms with Gasteiger partial charge in [-0.2, -0.15) is 0 Å². The highest BCUT2D eigenvalue weighted by atomic mass is 79.9. The number of nitrogens with zero attached hydrogens (tertiary/aromatic N) is 1. The highest BCUT2D eigenvalue weighted by Gasteiger charge is 2.23. The molecule has 1 aromatic rings. The number of halogens is 2. The van der Waals surface area contributed by atoms with E-state index in [9.17, 15) is 4.79 Å². The van der Waals surface area contributed by atoms with E-state index in [1.54, 1.807) is 12.1 Å². The van der Waals surface area contributed by atoms with Gasteiger partial charge in [0, 0.05) is 28.1 Å². The van der Waals surface area contributed by atoms with Gasteiger partial charge < -0.3 is 4.90 Å². The molecule has 1 aliphatic rings. The van der Waals surface area contributed by atoms with Crippen LogP contribution in [0.2, 0.25) is 5.02 Å². The molecule has 20 heavy (non-hydrogen) atoms. The molecule has 1 fully saturated rings. The van der Waals surface area contributed by atoms with Gasteiger partial charge >= 0.3 is 0 Å². The molecular weight excluding hydrogens is 338 g/mol. The Morgan fingerprint density at radius 2 is 2.05 bits per heavy atom. The van der Waals surface area contributed by atoms with Crippen molar-refractivity contribution in [3.05, 3.63) is 33.3 Å². The lowest BCUT2D eigenvalue weighted by atomic mass is 9.89. The number of hydrogen-bond acceptors (Lipinski definition) is 1. The summed E-state index contributed by atoms with van der Waals surface area (Å²) in [6, 6.07) is 5.40. The van der Waals surface area contributed by atoms with Crippen molar-refractivity contribution in [3.63, 3.8) is 0 Å². The molecule has 1 saturated heterocycles. The summed E-state index contributed by atoms with van der Waals surface area (Å²) in [5.74, 6) is 1.53. The lowest BCUT2D eigenvalue weighted by Gasteiger charge is -2.22. The molecular formula is C16H21BrClNO. The van der Waals surface area contributed by atoms with E-state index >= 15 is 0 Å². The van der Waals surface area contributed by atoms with Crippen LogP contribution in [0.15, 0.2) is 22.7 Å². The van der Waals surface area contributed by atoms with Crippen molar-refractivity contribution in [2.75, 3.05) is 13.1 Å². The summed E-state index contributed by atoms with van der Waals surface area (Å²) in [6.45, 7) is 6.25. The Balaban J connectivity index is 2.09. The van der Waals surface area contributed by atoms with Crippen molar-refractivity contribution in [2.24, 2.45) is 11.8 Å². The van der Waals surface area contributed by atoms with Crippen LogP contribution in [0.4, 0.5) is 0 Å². The number of rotatable bonds is 2. The van der Waals surface area contributed by atoms with Crippen LogP contribution in [-0.2, 0) is 0 Å². The van der Waals surface area contributed by atoms with Crippen molar-refractivity contribution in [2.45, 2.75) is 33.1 Å². The van der Waals surface area contributed by atoms with E-state index in [1.165, 1.54) is 6.42 Å². The molecule has 0 radical (unpaired) electrons. The molecule has 1 unspecified atom stereocenters. The standard InChI is InChI=1S/C16H21BrClNO/c1-11(2)12-4-3-6-19(7-5-12)16(20)13-8-14(17)10-15(18)9-13/h8-12H,3-7H2,1-2H3. The highest BCUT2D eigenvalue weighted by molar-refractivity contribution is 9.10. The molecule has 0 spiro atoms. The molecule has 2 nitrogen and oxygen atoms in total. The lowest BCUT2D eigenvalue weighted by Crippen LogP contribution is -2.32.